The minimum Gasteiger partial charge on any atom is -0.363 e. The van der Waals surface area contributed by atoms with Crippen LogP contribution in [0, 0.1) is 0 Å². The summed E-state index contributed by atoms with van der Waals surface area (Å²) in [6.07, 6.45) is 0. The molecule has 2 heterocycles. The lowest BCUT2D eigenvalue weighted by atomic mass is 10.3. The molecule has 2 unspecified atom stereocenters. The first-order valence-corrected chi connectivity index (χ1v) is 14.3. The molecule has 158 valence electrons. The van der Waals surface area contributed by atoms with E-state index in [2.05, 4.69) is 59.2 Å². The third-order valence-corrected chi connectivity index (χ3v) is 8.97. The Labute approximate surface area is 189 Å². The van der Waals surface area contributed by atoms with E-state index >= 15 is 0 Å². The molecule has 2 N–H and O–H groups in total. The summed E-state index contributed by atoms with van der Waals surface area (Å²) in [6, 6.07) is 17.0. The Balaban J connectivity index is 0.000000818. The van der Waals surface area contributed by atoms with E-state index in [-0.39, 0.29) is 0 Å². The number of fused-ring (bicyclic) bond motifs is 2. The van der Waals surface area contributed by atoms with Crippen LogP contribution in [0.4, 0.5) is 11.4 Å². The van der Waals surface area contributed by atoms with Crippen molar-refractivity contribution < 1.29 is 0 Å². The molecule has 2 atom stereocenters. The average molecular weight is 457 g/mol. The zero-order valence-electron chi connectivity index (χ0n) is 18.4. The Bertz CT molecular complexity index is 532. The third-order valence-electron chi connectivity index (χ3n) is 3.02. The predicted octanol–water partition coefficient (Wildman–Crippen LogP) is 9.48. The van der Waals surface area contributed by atoms with Gasteiger partial charge in [0.05, 0.1) is 0 Å². The molecule has 28 heavy (non-hydrogen) atoms. The molecule has 2 aliphatic rings. The summed E-state index contributed by atoms with van der Waals surface area (Å²) >= 11 is 3.79. The summed E-state index contributed by atoms with van der Waals surface area (Å²) in [5.41, 5.74) is 2.51. The molecule has 2 aromatic rings. The Kier molecular flexibility index (Phi) is 17.0. The molecule has 0 amide bonds. The van der Waals surface area contributed by atoms with Gasteiger partial charge in [0.2, 0.25) is 0 Å². The number of para-hydroxylation sites is 2. The fourth-order valence-corrected chi connectivity index (χ4v) is 7.67. The van der Waals surface area contributed by atoms with Crippen molar-refractivity contribution in [2.24, 2.45) is 0 Å². The second-order valence-corrected chi connectivity index (χ2v) is 9.75. The van der Waals surface area contributed by atoms with Crippen LogP contribution in [0.5, 0.6) is 0 Å². The SMILES string of the molecule is CC.CC.CC.CC.c1ccc2c(c1)NC(SSC1Nc3ccccc3S1)S2. The molecule has 2 nitrogen and oxygen atoms in total. The maximum atomic E-state index is 3.55. The minimum atomic E-state index is 0.392. The Morgan fingerprint density at radius 2 is 0.893 bits per heavy atom. The monoisotopic (exact) mass is 456 g/mol. The van der Waals surface area contributed by atoms with Gasteiger partial charge in [-0.15, -0.1) is 0 Å². The molecule has 0 saturated heterocycles. The molecule has 0 spiro atoms. The van der Waals surface area contributed by atoms with Crippen molar-refractivity contribution in [3.05, 3.63) is 48.5 Å². The summed E-state index contributed by atoms with van der Waals surface area (Å²) in [6.45, 7) is 16.0. The zero-order chi connectivity index (χ0) is 21.4. The van der Waals surface area contributed by atoms with Crippen LogP contribution >= 0.6 is 45.1 Å². The van der Waals surface area contributed by atoms with Crippen LogP contribution in [0.1, 0.15) is 55.4 Å². The number of hydrogen-bond acceptors (Lipinski definition) is 6. The van der Waals surface area contributed by atoms with Gasteiger partial charge in [0.1, 0.15) is 9.41 Å². The van der Waals surface area contributed by atoms with Crippen LogP contribution in [0.15, 0.2) is 58.3 Å². The first kappa shape index (κ1) is 27.4. The van der Waals surface area contributed by atoms with Crippen molar-refractivity contribution in [1.29, 1.82) is 0 Å². The van der Waals surface area contributed by atoms with Crippen molar-refractivity contribution in [2.75, 3.05) is 10.6 Å². The van der Waals surface area contributed by atoms with E-state index in [0.29, 0.717) is 9.41 Å². The van der Waals surface area contributed by atoms with Gasteiger partial charge in [0, 0.05) is 21.2 Å². The number of anilines is 2. The highest BCUT2D eigenvalue weighted by molar-refractivity contribution is 8.80. The molecule has 2 aliphatic heterocycles. The summed E-state index contributed by atoms with van der Waals surface area (Å²) in [5.74, 6) is 0. The normalized spacial score (nSPS) is 17.1. The van der Waals surface area contributed by atoms with Crippen LogP contribution in [0.25, 0.3) is 0 Å². The zero-order valence-corrected chi connectivity index (χ0v) is 21.7. The van der Waals surface area contributed by atoms with E-state index in [4.69, 9.17) is 0 Å². The van der Waals surface area contributed by atoms with Gasteiger partial charge in [-0.3, -0.25) is 0 Å². The first-order valence-electron chi connectivity index (χ1n) is 10.2. The van der Waals surface area contributed by atoms with E-state index in [0.717, 1.165) is 0 Å². The lowest BCUT2D eigenvalue weighted by Gasteiger charge is -2.13. The van der Waals surface area contributed by atoms with Gasteiger partial charge in [-0.1, -0.05) is 125 Å². The smallest absolute Gasteiger partial charge is 0.134 e. The molecule has 0 fully saturated rings. The largest absolute Gasteiger partial charge is 0.363 e. The van der Waals surface area contributed by atoms with E-state index in [1.54, 1.807) is 0 Å². The second-order valence-electron chi connectivity index (χ2n) is 4.37. The summed E-state index contributed by atoms with van der Waals surface area (Å²) < 4.78 is 0.784. The Morgan fingerprint density at radius 3 is 1.21 bits per heavy atom. The van der Waals surface area contributed by atoms with Gasteiger partial charge < -0.3 is 10.6 Å². The molecule has 4 rings (SSSR count). The van der Waals surface area contributed by atoms with E-state index < -0.39 is 0 Å². The molecule has 2 aromatic carbocycles. The van der Waals surface area contributed by atoms with E-state index in [9.17, 15) is 0 Å². The topological polar surface area (TPSA) is 24.1 Å². The highest BCUT2D eigenvalue weighted by Crippen LogP contribution is 2.51. The molecular weight excluding hydrogens is 421 g/mol. The van der Waals surface area contributed by atoms with Crippen molar-refractivity contribution in [2.45, 2.75) is 74.6 Å². The number of thioether (sulfide) groups is 2. The van der Waals surface area contributed by atoms with Crippen LogP contribution in [0.3, 0.4) is 0 Å². The predicted molar refractivity (Wildman–Crippen MR) is 140 cm³/mol. The number of rotatable bonds is 3. The van der Waals surface area contributed by atoms with Crippen LogP contribution in [-0.4, -0.2) is 9.41 Å². The molecule has 0 aliphatic carbocycles. The summed E-state index contributed by atoms with van der Waals surface area (Å²) in [5, 5.41) is 7.10. The quantitative estimate of drug-likeness (QED) is 0.446. The maximum Gasteiger partial charge on any atom is 0.134 e. The fraction of sp³-hybridized carbons (Fsp3) is 0.455. The van der Waals surface area contributed by atoms with Crippen molar-refractivity contribution in [3.8, 4) is 0 Å². The third kappa shape index (κ3) is 8.44. The standard InChI is InChI=1S/C14H12N2S4.4C2H6/c1-3-7-11-9(5-1)15-13(17-11)19-20-14-16-10-6-2-4-8-12(10)18-14;4*1-2/h1-8,13-16H;4*1-2H3. The van der Waals surface area contributed by atoms with Crippen LogP contribution in [-0.2, 0) is 0 Å². The lowest BCUT2D eigenvalue weighted by Crippen LogP contribution is -2.07. The molecule has 0 radical (unpaired) electrons. The molecule has 0 bridgehead atoms. The van der Waals surface area contributed by atoms with Gasteiger partial charge >= 0.3 is 0 Å². The van der Waals surface area contributed by atoms with Crippen molar-refractivity contribution in [1.82, 2.24) is 0 Å². The first-order chi connectivity index (χ1) is 13.9. The minimum absolute atomic E-state index is 0.392. The van der Waals surface area contributed by atoms with Crippen LogP contribution < -0.4 is 10.6 Å². The highest BCUT2D eigenvalue weighted by atomic mass is 33.1. The number of hydrogen-bond donors (Lipinski definition) is 2. The van der Waals surface area contributed by atoms with Gasteiger partial charge in [-0.05, 0) is 24.3 Å². The maximum absolute atomic E-state index is 3.55. The lowest BCUT2D eigenvalue weighted by molar-refractivity contribution is 1.39. The number of benzene rings is 2. The van der Waals surface area contributed by atoms with Crippen LogP contribution in [0.2, 0.25) is 0 Å². The second kappa shape index (κ2) is 17.3. The molecule has 6 heteroatoms. The summed E-state index contributed by atoms with van der Waals surface area (Å²) in [4.78, 5) is 2.70. The fourth-order valence-electron chi connectivity index (χ4n) is 2.11. The van der Waals surface area contributed by atoms with Crippen molar-refractivity contribution >= 4 is 56.5 Å². The molecule has 0 saturated carbocycles. The average Bonchev–Trinajstić information content (AvgIpc) is 3.41. The molecular formula is C22H36N2S4. The van der Waals surface area contributed by atoms with Gasteiger partial charge in [-0.25, -0.2) is 0 Å². The Hall–Kier alpha value is -0.560. The van der Waals surface area contributed by atoms with Gasteiger partial charge in [0.15, 0.2) is 0 Å². The number of nitrogens with one attached hydrogen (secondary N) is 2. The summed E-state index contributed by atoms with van der Waals surface area (Å²) in [7, 11) is 3.79. The van der Waals surface area contributed by atoms with E-state index in [1.165, 1.54) is 21.2 Å². The van der Waals surface area contributed by atoms with E-state index in [1.807, 2.05) is 101 Å². The highest BCUT2D eigenvalue weighted by Gasteiger charge is 2.26. The Morgan fingerprint density at radius 1 is 0.571 bits per heavy atom. The van der Waals surface area contributed by atoms with Crippen molar-refractivity contribution in [3.63, 3.8) is 0 Å². The van der Waals surface area contributed by atoms with Gasteiger partial charge in [-0.2, -0.15) is 0 Å². The molecule has 0 aromatic heterocycles. The van der Waals surface area contributed by atoms with Gasteiger partial charge in [0.25, 0.3) is 0 Å².